The fourth-order valence-corrected chi connectivity index (χ4v) is 2.20. The Hall–Kier alpha value is -2.73. The van der Waals surface area contributed by atoms with Gasteiger partial charge >= 0.3 is 6.03 Å². The summed E-state index contributed by atoms with van der Waals surface area (Å²) in [6.45, 7) is 3.88. The van der Waals surface area contributed by atoms with Gasteiger partial charge in [-0.25, -0.2) is 10.2 Å². The van der Waals surface area contributed by atoms with Gasteiger partial charge in [-0.05, 0) is 55.8 Å². The maximum atomic E-state index is 11.8. The molecule has 0 aliphatic carbocycles. The number of hydrogen-bond donors (Lipinski definition) is 2. The highest BCUT2D eigenvalue weighted by Gasteiger charge is 2.07. The number of methoxy groups -OCH3 is 1. The van der Waals surface area contributed by atoms with Gasteiger partial charge in [-0.3, -0.25) is 0 Å². The molecule has 0 aliphatic rings. The lowest BCUT2D eigenvalue weighted by Gasteiger charge is -2.13. The molecule has 2 aromatic rings. The van der Waals surface area contributed by atoms with Crippen LogP contribution in [0, 0.1) is 0 Å². The Kier molecular flexibility index (Phi) is 6.65. The third-order valence-corrected chi connectivity index (χ3v) is 3.25. The molecule has 0 unspecified atom stereocenters. The second-order valence-corrected chi connectivity index (χ2v) is 5.85. The number of hydrazone groups is 1. The molecule has 25 heavy (non-hydrogen) atoms. The van der Waals surface area contributed by atoms with Gasteiger partial charge in [0.05, 0.1) is 19.4 Å². The molecule has 0 heterocycles. The van der Waals surface area contributed by atoms with E-state index in [2.05, 4.69) is 15.8 Å². The van der Waals surface area contributed by atoms with Crippen LogP contribution >= 0.6 is 11.6 Å². The number of nitrogens with zero attached hydrogens (tertiary/aromatic N) is 1. The van der Waals surface area contributed by atoms with Crippen molar-refractivity contribution in [2.24, 2.45) is 5.10 Å². The quantitative estimate of drug-likeness (QED) is 0.595. The van der Waals surface area contributed by atoms with Crippen LogP contribution in [-0.2, 0) is 0 Å². The highest BCUT2D eigenvalue weighted by Crippen LogP contribution is 2.28. The molecular weight excluding hydrogens is 342 g/mol. The van der Waals surface area contributed by atoms with E-state index in [1.807, 2.05) is 19.9 Å². The highest BCUT2D eigenvalue weighted by atomic mass is 35.5. The minimum absolute atomic E-state index is 0.0465. The molecule has 7 heteroatoms. The van der Waals surface area contributed by atoms with Gasteiger partial charge in [0.25, 0.3) is 0 Å². The van der Waals surface area contributed by atoms with E-state index in [1.165, 1.54) is 6.21 Å². The Morgan fingerprint density at radius 2 is 2.00 bits per heavy atom. The maximum absolute atomic E-state index is 11.8. The predicted octanol–water partition coefficient (Wildman–Crippen LogP) is 4.29. The van der Waals surface area contributed by atoms with E-state index in [0.717, 1.165) is 5.56 Å². The van der Waals surface area contributed by atoms with Crippen molar-refractivity contribution < 1.29 is 14.3 Å². The van der Waals surface area contributed by atoms with Gasteiger partial charge in [0.2, 0.25) is 0 Å². The number of carbonyl (C=O) groups excluding carboxylic acids is 1. The van der Waals surface area contributed by atoms with Crippen LogP contribution in [0.3, 0.4) is 0 Å². The van der Waals surface area contributed by atoms with Gasteiger partial charge in [-0.1, -0.05) is 17.7 Å². The third kappa shape index (κ3) is 6.00. The van der Waals surface area contributed by atoms with Gasteiger partial charge in [0.1, 0.15) is 0 Å². The molecular formula is C18H20ClN3O3. The van der Waals surface area contributed by atoms with Crippen molar-refractivity contribution >= 4 is 29.5 Å². The van der Waals surface area contributed by atoms with E-state index in [4.69, 9.17) is 21.1 Å². The zero-order valence-corrected chi connectivity index (χ0v) is 15.0. The van der Waals surface area contributed by atoms with Crippen molar-refractivity contribution in [3.05, 3.63) is 53.1 Å². The number of hydrogen-bond acceptors (Lipinski definition) is 4. The number of carbonyl (C=O) groups is 1. The molecule has 0 saturated heterocycles. The lowest BCUT2D eigenvalue weighted by atomic mass is 10.2. The second-order valence-electron chi connectivity index (χ2n) is 5.41. The summed E-state index contributed by atoms with van der Waals surface area (Å²) in [6, 6.07) is 11.8. The molecule has 2 aromatic carbocycles. The lowest BCUT2D eigenvalue weighted by Crippen LogP contribution is -2.24. The molecule has 2 N–H and O–H groups in total. The molecule has 0 saturated carbocycles. The van der Waals surface area contributed by atoms with Gasteiger partial charge < -0.3 is 14.8 Å². The summed E-state index contributed by atoms with van der Waals surface area (Å²) in [6.07, 6.45) is 1.56. The summed E-state index contributed by atoms with van der Waals surface area (Å²) in [5, 5.41) is 7.08. The minimum Gasteiger partial charge on any atom is -0.493 e. The minimum atomic E-state index is -0.467. The Morgan fingerprint density at radius 3 is 2.68 bits per heavy atom. The molecule has 0 spiro atoms. The summed E-state index contributed by atoms with van der Waals surface area (Å²) in [7, 11) is 1.57. The summed E-state index contributed by atoms with van der Waals surface area (Å²) in [4.78, 5) is 11.8. The molecule has 2 amide bonds. The topological polar surface area (TPSA) is 72.0 Å². The average Bonchev–Trinajstić information content (AvgIpc) is 2.55. The van der Waals surface area contributed by atoms with Crippen molar-refractivity contribution in [2.75, 3.05) is 12.4 Å². The number of nitrogens with one attached hydrogen (secondary N) is 2. The van der Waals surface area contributed by atoms with E-state index < -0.39 is 6.03 Å². The van der Waals surface area contributed by atoms with Crippen molar-refractivity contribution in [2.45, 2.75) is 20.0 Å². The van der Waals surface area contributed by atoms with E-state index >= 15 is 0 Å². The van der Waals surface area contributed by atoms with Crippen molar-refractivity contribution in [3.63, 3.8) is 0 Å². The van der Waals surface area contributed by atoms with Crippen LogP contribution in [0.2, 0.25) is 5.02 Å². The smallest absolute Gasteiger partial charge is 0.339 e. The van der Waals surface area contributed by atoms with Crippen LogP contribution in [0.15, 0.2) is 47.6 Å². The average molecular weight is 362 g/mol. The summed E-state index contributed by atoms with van der Waals surface area (Å²) in [5.41, 5.74) is 3.73. The van der Waals surface area contributed by atoms with Crippen LogP contribution < -0.4 is 20.2 Å². The van der Waals surface area contributed by atoms with Gasteiger partial charge in [-0.2, -0.15) is 5.10 Å². The van der Waals surface area contributed by atoms with Gasteiger partial charge in [0, 0.05) is 10.7 Å². The first-order valence-electron chi connectivity index (χ1n) is 7.68. The molecule has 6 nitrogen and oxygen atoms in total. The summed E-state index contributed by atoms with van der Waals surface area (Å²) < 4.78 is 11.0. The van der Waals surface area contributed by atoms with Crippen LogP contribution in [0.25, 0.3) is 0 Å². The molecule has 0 fully saturated rings. The lowest BCUT2D eigenvalue weighted by molar-refractivity contribution is 0.230. The van der Waals surface area contributed by atoms with Crippen LogP contribution in [0.5, 0.6) is 11.5 Å². The number of ether oxygens (including phenoxy) is 2. The summed E-state index contributed by atoms with van der Waals surface area (Å²) >= 11 is 5.86. The maximum Gasteiger partial charge on any atom is 0.339 e. The van der Waals surface area contributed by atoms with E-state index in [9.17, 15) is 4.79 Å². The molecule has 0 atom stereocenters. The fourth-order valence-electron chi connectivity index (χ4n) is 2.01. The first-order chi connectivity index (χ1) is 12.0. The van der Waals surface area contributed by atoms with Gasteiger partial charge in [-0.15, -0.1) is 0 Å². The van der Waals surface area contributed by atoms with Crippen molar-refractivity contribution in [1.29, 1.82) is 0 Å². The van der Waals surface area contributed by atoms with E-state index in [1.54, 1.807) is 43.5 Å². The Balaban J connectivity index is 1.96. The standard InChI is InChI=1S/C18H20ClN3O3/c1-12(2)25-16-8-7-13(9-17(16)24-3)11-20-22-18(23)21-15-6-4-5-14(19)10-15/h4-12H,1-3H3,(H2,21,22,23)/b20-11-. The Labute approximate surface area is 151 Å². The zero-order valence-electron chi connectivity index (χ0n) is 14.2. The van der Waals surface area contributed by atoms with Crippen LogP contribution in [0.1, 0.15) is 19.4 Å². The first kappa shape index (κ1) is 18.6. The molecule has 2 rings (SSSR count). The molecule has 0 aromatic heterocycles. The van der Waals surface area contributed by atoms with Crippen LogP contribution in [0.4, 0.5) is 10.5 Å². The van der Waals surface area contributed by atoms with Crippen LogP contribution in [-0.4, -0.2) is 25.5 Å². The molecule has 0 bridgehead atoms. The number of amides is 2. The predicted molar refractivity (Wildman–Crippen MR) is 100.0 cm³/mol. The molecule has 0 aliphatic heterocycles. The van der Waals surface area contributed by atoms with E-state index in [0.29, 0.717) is 22.2 Å². The number of urea groups is 1. The number of rotatable bonds is 6. The van der Waals surface area contributed by atoms with Crippen molar-refractivity contribution in [3.8, 4) is 11.5 Å². The third-order valence-electron chi connectivity index (χ3n) is 3.01. The Morgan fingerprint density at radius 1 is 1.20 bits per heavy atom. The highest BCUT2D eigenvalue weighted by molar-refractivity contribution is 6.30. The fraction of sp³-hybridized carbons (Fsp3) is 0.222. The summed E-state index contributed by atoms with van der Waals surface area (Å²) in [5.74, 6) is 1.25. The molecule has 0 radical (unpaired) electrons. The SMILES string of the molecule is COc1cc(/C=N\NC(=O)Nc2cccc(Cl)c2)ccc1OC(C)C. The largest absolute Gasteiger partial charge is 0.493 e. The monoisotopic (exact) mass is 361 g/mol. The second kappa shape index (κ2) is 8.94. The zero-order chi connectivity index (χ0) is 18.2. The number of benzene rings is 2. The van der Waals surface area contributed by atoms with E-state index in [-0.39, 0.29) is 6.10 Å². The Bertz CT molecular complexity index is 763. The normalized spacial score (nSPS) is 10.8. The van der Waals surface area contributed by atoms with Gasteiger partial charge in [0.15, 0.2) is 11.5 Å². The van der Waals surface area contributed by atoms with Crippen molar-refractivity contribution in [1.82, 2.24) is 5.43 Å². The molecule has 132 valence electrons. The first-order valence-corrected chi connectivity index (χ1v) is 8.06. The number of anilines is 1. The number of halogens is 1.